The molecule has 0 saturated heterocycles. The van der Waals surface area contributed by atoms with E-state index in [1.54, 1.807) is 18.2 Å². The van der Waals surface area contributed by atoms with Crippen molar-refractivity contribution in [2.75, 3.05) is 0 Å². The number of nitrogens with zero attached hydrogens (tertiary/aromatic N) is 1. The van der Waals surface area contributed by atoms with Crippen LogP contribution in [0, 0.1) is 18.6 Å². The first kappa shape index (κ1) is 31.0. The number of halogens is 5. The van der Waals surface area contributed by atoms with Crippen molar-refractivity contribution in [1.29, 1.82) is 0 Å². The van der Waals surface area contributed by atoms with E-state index in [0.717, 1.165) is 17.8 Å². The first-order valence-corrected chi connectivity index (χ1v) is 14.5. The molecule has 3 aromatic carbocycles. The maximum atomic E-state index is 16.2. The molecule has 46 heavy (non-hydrogen) atoms. The van der Waals surface area contributed by atoms with E-state index in [1.807, 2.05) is 13.0 Å². The highest BCUT2D eigenvalue weighted by molar-refractivity contribution is 5.85. The zero-order valence-corrected chi connectivity index (χ0v) is 24.3. The van der Waals surface area contributed by atoms with E-state index >= 15 is 8.78 Å². The number of carboxylic acid groups (broad SMARTS) is 1. The number of carboxylic acids is 1. The third kappa shape index (κ3) is 5.99. The van der Waals surface area contributed by atoms with Gasteiger partial charge in [0, 0.05) is 29.0 Å². The van der Waals surface area contributed by atoms with Crippen molar-refractivity contribution in [3.8, 4) is 16.9 Å². The number of ether oxygens (including phenoxy) is 1. The van der Waals surface area contributed by atoms with E-state index in [0.29, 0.717) is 51.5 Å². The average molecular weight is 639 g/mol. The molecule has 0 spiro atoms. The molecule has 1 aliphatic carbocycles. The van der Waals surface area contributed by atoms with Crippen molar-refractivity contribution < 1.29 is 41.4 Å². The number of carbonyl (C=O) groups is 2. The van der Waals surface area contributed by atoms with Crippen molar-refractivity contribution in [3.63, 3.8) is 0 Å². The lowest BCUT2D eigenvalue weighted by molar-refractivity contribution is -0.138. The van der Waals surface area contributed by atoms with Crippen LogP contribution in [-0.2, 0) is 22.4 Å². The van der Waals surface area contributed by atoms with Crippen LogP contribution in [0.25, 0.3) is 11.1 Å². The van der Waals surface area contributed by atoms with E-state index in [-0.39, 0.29) is 29.7 Å². The number of carbonyl (C=O) groups excluding carboxylic acids is 1. The van der Waals surface area contributed by atoms with E-state index < -0.39 is 59.3 Å². The summed E-state index contributed by atoms with van der Waals surface area (Å²) < 4.78 is 78.6. The Labute approximate surface area is 259 Å². The van der Waals surface area contributed by atoms with Crippen molar-refractivity contribution in [3.05, 3.63) is 122 Å². The van der Waals surface area contributed by atoms with Gasteiger partial charge in [0.15, 0.2) is 0 Å². The Morgan fingerprint density at radius 3 is 2.41 bits per heavy atom. The van der Waals surface area contributed by atoms with Crippen molar-refractivity contribution in [1.82, 2.24) is 9.88 Å². The molecule has 12 heteroatoms. The number of amides is 1. The topological polar surface area (TPSA) is 97.6 Å². The Kier molecular flexibility index (Phi) is 7.91. The van der Waals surface area contributed by atoms with Crippen molar-refractivity contribution in [2.45, 2.75) is 57.0 Å². The van der Waals surface area contributed by atoms with E-state index in [1.165, 1.54) is 18.2 Å². The molecule has 2 atom stereocenters. The van der Waals surface area contributed by atoms with Crippen LogP contribution in [0.3, 0.4) is 0 Å². The zero-order chi connectivity index (χ0) is 32.9. The van der Waals surface area contributed by atoms with Crippen LogP contribution in [0.2, 0.25) is 0 Å². The standard InChI is InChI=1S/C34H27F5N2O5/c1-17-3-2-4-27-30(17)20-12-22(19-6-7-19)31(36)24(13-20)26(15-29(43)44)40-33(45)32(23-11-18(16-46-27)5-8-25(23)35)41-10-9-21(14-28(41)42)34(37,38)39/h2-5,8-14,19,26,32H,6-7,15-16H2,1H3,(H,40,45)(H,43,44)/t26-,32-/m1/s1. The van der Waals surface area contributed by atoms with Crippen LogP contribution < -0.4 is 15.6 Å². The molecule has 7 nitrogen and oxygen atoms in total. The number of rotatable bonds is 4. The SMILES string of the molecule is Cc1cccc2c1-c1cc(C3CC3)c(F)c(c1)[C@@H](CC(=O)O)NC(=O)[C@H](n1ccc(C(F)(F)F)cc1=O)c1cc(ccc1F)CO2. The van der Waals surface area contributed by atoms with Crippen molar-refractivity contribution >= 4 is 11.9 Å². The molecule has 1 aromatic heterocycles. The van der Waals surface area contributed by atoms with Crippen LogP contribution in [0.15, 0.2) is 71.7 Å². The highest BCUT2D eigenvalue weighted by Crippen LogP contribution is 2.46. The number of benzene rings is 3. The Bertz CT molecular complexity index is 1930. The summed E-state index contributed by atoms with van der Waals surface area (Å²) >= 11 is 0. The van der Waals surface area contributed by atoms with Crippen molar-refractivity contribution in [2.24, 2.45) is 0 Å². The lowest BCUT2D eigenvalue weighted by Crippen LogP contribution is -2.41. The van der Waals surface area contributed by atoms with E-state index in [9.17, 15) is 32.7 Å². The Morgan fingerprint density at radius 2 is 1.74 bits per heavy atom. The van der Waals surface area contributed by atoms with Gasteiger partial charge in [-0.05, 0) is 84.3 Å². The van der Waals surface area contributed by atoms with Gasteiger partial charge >= 0.3 is 12.1 Å². The molecule has 2 N–H and O–H groups in total. The third-order valence-corrected chi connectivity index (χ3v) is 8.29. The van der Waals surface area contributed by atoms with Gasteiger partial charge in [-0.25, -0.2) is 8.78 Å². The fourth-order valence-electron chi connectivity index (χ4n) is 5.90. The monoisotopic (exact) mass is 638 g/mol. The van der Waals surface area contributed by atoms with E-state index in [2.05, 4.69) is 5.32 Å². The first-order chi connectivity index (χ1) is 21.8. The molecule has 238 valence electrons. The minimum absolute atomic E-state index is 0.120. The third-order valence-electron chi connectivity index (χ3n) is 8.29. The molecule has 0 unspecified atom stereocenters. The number of hydrogen-bond acceptors (Lipinski definition) is 4. The Morgan fingerprint density at radius 1 is 1.00 bits per heavy atom. The number of alkyl halides is 3. The molecule has 1 amide bonds. The summed E-state index contributed by atoms with van der Waals surface area (Å²) in [5.41, 5.74) is -0.419. The molecule has 4 aromatic rings. The number of hydrogen-bond donors (Lipinski definition) is 2. The van der Waals surface area contributed by atoms with Gasteiger partial charge in [0.1, 0.15) is 30.0 Å². The minimum Gasteiger partial charge on any atom is -0.488 e. The smallest absolute Gasteiger partial charge is 0.416 e. The number of fused-ring (bicyclic) bond motifs is 6. The van der Waals surface area contributed by atoms with Crippen LogP contribution in [-0.4, -0.2) is 21.6 Å². The zero-order valence-electron chi connectivity index (χ0n) is 24.3. The molecule has 4 bridgehead atoms. The molecule has 1 aliphatic heterocycles. The predicted molar refractivity (Wildman–Crippen MR) is 156 cm³/mol. The molecule has 2 heterocycles. The highest BCUT2D eigenvalue weighted by Gasteiger charge is 2.36. The summed E-state index contributed by atoms with van der Waals surface area (Å²) in [6.45, 7) is 1.72. The molecule has 1 fully saturated rings. The average Bonchev–Trinajstić information content (AvgIpc) is 3.83. The van der Waals surface area contributed by atoms with Gasteiger partial charge in [-0.1, -0.05) is 18.2 Å². The summed E-state index contributed by atoms with van der Waals surface area (Å²) in [5, 5.41) is 12.3. The highest BCUT2D eigenvalue weighted by atomic mass is 19.4. The van der Waals surface area contributed by atoms with E-state index in [4.69, 9.17) is 4.74 Å². The maximum Gasteiger partial charge on any atom is 0.416 e. The maximum absolute atomic E-state index is 16.2. The second-order valence-electron chi connectivity index (χ2n) is 11.6. The Balaban J connectivity index is 1.60. The van der Waals surface area contributed by atoms with Gasteiger partial charge in [0.25, 0.3) is 5.56 Å². The number of aliphatic carboxylic acids is 1. The van der Waals surface area contributed by atoms with Crippen LogP contribution >= 0.6 is 0 Å². The second-order valence-corrected chi connectivity index (χ2v) is 11.6. The lowest BCUT2D eigenvalue weighted by Gasteiger charge is -2.27. The number of aryl methyl sites for hydroxylation is 1. The molecular formula is C34H27F5N2O5. The second kappa shape index (κ2) is 11.7. The van der Waals surface area contributed by atoms with Gasteiger partial charge in [0.2, 0.25) is 5.91 Å². The summed E-state index contributed by atoms with van der Waals surface area (Å²) in [6.07, 6.45) is -3.52. The quantitative estimate of drug-likeness (QED) is 0.240. The molecule has 0 radical (unpaired) electrons. The normalized spacial score (nSPS) is 18.2. The molecular weight excluding hydrogens is 611 g/mol. The number of aromatic nitrogens is 1. The van der Waals surface area contributed by atoms with Gasteiger partial charge in [-0.3, -0.25) is 19.0 Å². The van der Waals surface area contributed by atoms with Gasteiger partial charge in [-0.2, -0.15) is 13.2 Å². The summed E-state index contributed by atoms with van der Waals surface area (Å²) in [5.74, 6) is -3.90. The van der Waals surface area contributed by atoms with Crippen LogP contribution in [0.5, 0.6) is 5.75 Å². The Hall–Kier alpha value is -5.00. The predicted octanol–water partition coefficient (Wildman–Crippen LogP) is 6.81. The fraction of sp³-hybridized carbons (Fsp3) is 0.265. The summed E-state index contributed by atoms with van der Waals surface area (Å²) in [4.78, 5) is 39.2. The van der Waals surface area contributed by atoms with Gasteiger partial charge < -0.3 is 15.2 Å². The molecule has 2 aliphatic rings. The molecule has 1 saturated carbocycles. The number of pyridine rings is 1. The molecule has 6 rings (SSSR count). The first-order valence-electron chi connectivity index (χ1n) is 14.5. The largest absolute Gasteiger partial charge is 0.488 e. The van der Waals surface area contributed by atoms with Crippen LogP contribution in [0.4, 0.5) is 22.0 Å². The van der Waals surface area contributed by atoms with Gasteiger partial charge in [-0.15, -0.1) is 0 Å². The van der Waals surface area contributed by atoms with Crippen LogP contribution in [0.1, 0.15) is 70.6 Å². The minimum atomic E-state index is -4.87. The number of nitrogens with one attached hydrogen (secondary N) is 1. The fourth-order valence-corrected chi connectivity index (χ4v) is 5.90. The lowest BCUT2D eigenvalue weighted by atomic mass is 9.90. The van der Waals surface area contributed by atoms with Gasteiger partial charge in [0.05, 0.1) is 18.0 Å². The summed E-state index contributed by atoms with van der Waals surface area (Å²) in [7, 11) is 0. The summed E-state index contributed by atoms with van der Waals surface area (Å²) in [6, 6.07) is 9.59.